The van der Waals surface area contributed by atoms with Crippen LogP contribution in [0.3, 0.4) is 0 Å². The van der Waals surface area contributed by atoms with E-state index in [9.17, 15) is 14.4 Å². The van der Waals surface area contributed by atoms with Crippen LogP contribution < -0.4 is 10.2 Å². The number of hydrogen-bond acceptors (Lipinski definition) is 5. The third-order valence-corrected chi connectivity index (χ3v) is 6.86. The number of H-pyrrole nitrogens is 1. The van der Waals surface area contributed by atoms with Crippen LogP contribution in [0.25, 0.3) is 10.9 Å². The minimum atomic E-state index is -0.675. The second-order valence-electron chi connectivity index (χ2n) is 9.03. The maximum absolute atomic E-state index is 13.5. The number of aromatic amines is 1. The largest absolute Gasteiger partial charge is 0.468 e. The smallest absolute Gasteiger partial charge is 0.323 e. The predicted octanol–water partition coefficient (Wildman–Crippen LogP) is 3.37. The van der Waals surface area contributed by atoms with E-state index >= 15 is 0 Å². The molecule has 0 spiro atoms. The molecule has 0 bridgehead atoms. The van der Waals surface area contributed by atoms with Gasteiger partial charge in [0.05, 0.1) is 24.6 Å². The summed E-state index contributed by atoms with van der Waals surface area (Å²) in [5, 5.41) is 4.41. The number of aromatic nitrogens is 1. The number of amides is 2. The van der Waals surface area contributed by atoms with Gasteiger partial charge in [0.25, 0.3) is 0 Å². The van der Waals surface area contributed by atoms with Crippen molar-refractivity contribution in [2.24, 2.45) is 11.8 Å². The van der Waals surface area contributed by atoms with Gasteiger partial charge in [-0.15, -0.1) is 0 Å². The van der Waals surface area contributed by atoms with Crippen molar-refractivity contribution in [3.63, 3.8) is 0 Å². The number of benzene rings is 2. The molecular formula is C27H27N3O4. The molecular weight excluding hydrogens is 430 g/mol. The molecule has 2 heterocycles. The van der Waals surface area contributed by atoms with Gasteiger partial charge in [-0.2, -0.15) is 0 Å². The minimum absolute atomic E-state index is 0.188. The zero-order valence-electron chi connectivity index (χ0n) is 19.2. The molecule has 3 aromatic rings. The summed E-state index contributed by atoms with van der Waals surface area (Å²) >= 11 is 0. The molecule has 4 atom stereocenters. The Morgan fingerprint density at radius 1 is 1.12 bits per heavy atom. The summed E-state index contributed by atoms with van der Waals surface area (Å²) in [6, 6.07) is 15.8. The first-order chi connectivity index (χ1) is 16.5. The van der Waals surface area contributed by atoms with E-state index in [1.807, 2.05) is 61.7 Å². The van der Waals surface area contributed by atoms with Crippen LogP contribution in [-0.2, 0) is 25.5 Å². The first-order valence-corrected chi connectivity index (χ1v) is 11.5. The molecule has 7 nitrogen and oxygen atoms in total. The van der Waals surface area contributed by atoms with Gasteiger partial charge in [-0.25, -0.2) is 4.90 Å². The first-order valence-electron chi connectivity index (χ1n) is 11.5. The van der Waals surface area contributed by atoms with Crippen molar-refractivity contribution in [2.75, 3.05) is 12.0 Å². The molecule has 34 heavy (non-hydrogen) atoms. The third-order valence-electron chi connectivity index (χ3n) is 6.86. The van der Waals surface area contributed by atoms with E-state index in [0.717, 1.165) is 22.0 Å². The lowest BCUT2D eigenvalue weighted by molar-refractivity contribution is -0.143. The van der Waals surface area contributed by atoms with Gasteiger partial charge in [0.1, 0.15) is 6.04 Å². The fourth-order valence-electron chi connectivity index (χ4n) is 5.28. The molecule has 2 aliphatic rings. The van der Waals surface area contributed by atoms with E-state index in [2.05, 4.69) is 10.3 Å². The van der Waals surface area contributed by atoms with Crippen LogP contribution >= 0.6 is 0 Å². The number of ether oxygens (including phenoxy) is 1. The van der Waals surface area contributed by atoms with Crippen LogP contribution in [0.1, 0.15) is 18.9 Å². The molecule has 2 N–H and O–H groups in total. The maximum atomic E-state index is 13.5. The van der Waals surface area contributed by atoms with Crippen LogP contribution in [0.5, 0.6) is 0 Å². The summed E-state index contributed by atoms with van der Waals surface area (Å²) in [5.41, 5.74) is 3.56. The summed E-state index contributed by atoms with van der Waals surface area (Å²) < 4.78 is 5.10. The lowest BCUT2D eigenvalue weighted by atomic mass is 9.78. The summed E-state index contributed by atoms with van der Waals surface area (Å²) in [5.74, 6) is -1.87. The van der Waals surface area contributed by atoms with Crippen molar-refractivity contribution in [1.82, 2.24) is 10.3 Å². The number of hydrogen-bond donors (Lipinski definition) is 2. The van der Waals surface area contributed by atoms with Gasteiger partial charge in [-0.1, -0.05) is 48.0 Å². The molecule has 1 fully saturated rings. The SMILES string of the molecule is COC(=O)[C@H](Cc1c[nH]c2ccccc12)NC1C=C(C)CC2C(=O)N(c3ccccc3)C(=O)C12. The Kier molecular flexibility index (Phi) is 5.79. The number of imide groups is 1. The maximum Gasteiger partial charge on any atom is 0.323 e. The second-order valence-corrected chi connectivity index (χ2v) is 9.03. The number of fused-ring (bicyclic) bond motifs is 2. The monoisotopic (exact) mass is 457 g/mol. The standard InChI is InChI=1S/C27H27N3O4/c1-16-12-20-24(26(32)30(25(20)31)18-8-4-3-5-9-18)22(13-16)29-23(27(33)34-2)14-17-15-28-21-11-7-6-10-19(17)21/h3-11,13,15,20,22-24,28-29H,12,14H2,1-2H3/t20?,22?,23-,24?/m0/s1. The molecule has 174 valence electrons. The number of nitrogens with zero attached hydrogens (tertiary/aromatic N) is 1. The Bertz CT molecular complexity index is 1280. The van der Waals surface area contributed by atoms with Crippen LogP contribution in [0.2, 0.25) is 0 Å². The highest BCUT2D eigenvalue weighted by Crippen LogP contribution is 2.40. The molecule has 1 aromatic heterocycles. The molecule has 2 aromatic carbocycles. The van der Waals surface area contributed by atoms with Crippen molar-refractivity contribution < 1.29 is 19.1 Å². The van der Waals surface area contributed by atoms with Crippen LogP contribution in [0.15, 0.2) is 72.4 Å². The third kappa shape index (κ3) is 3.82. The summed E-state index contributed by atoms with van der Waals surface area (Å²) in [4.78, 5) is 44.1. The zero-order valence-corrected chi connectivity index (χ0v) is 19.2. The van der Waals surface area contributed by atoms with Crippen molar-refractivity contribution in [3.8, 4) is 0 Å². The molecule has 5 rings (SSSR count). The van der Waals surface area contributed by atoms with Crippen LogP contribution in [-0.4, -0.2) is 42.0 Å². The number of anilines is 1. The van der Waals surface area contributed by atoms with E-state index in [-0.39, 0.29) is 11.8 Å². The molecule has 3 unspecified atom stereocenters. The van der Waals surface area contributed by atoms with Gasteiger partial charge in [0, 0.05) is 29.6 Å². The summed E-state index contributed by atoms with van der Waals surface area (Å²) in [6.45, 7) is 1.96. The van der Waals surface area contributed by atoms with Gasteiger partial charge < -0.3 is 9.72 Å². The first kappa shape index (κ1) is 22.1. The Balaban J connectivity index is 1.45. The second kappa shape index (κ2) is 8.91. The molecule has 0 radical (unpaired) electrons. The summed E-state index contributed by atoms with van der Waals surface area (Å²) in [6.07, 6.45) is 4.80. The average molecular weight is 458 g/mol. The van der Waals surface area contributed by atoms with E-state index < -0.39 is 29.9 Å². The van der Waals surface area contributed by atoms with Crippen molar-refractivity contribution in [2.45, 2.75) is 31.8 Å². The molecule has 1 aliphatic heterocycles. The Morgan fingerprint density at radius 3 is 2.62 bits per heavy atom. The molecule has 2 amide bonds. The van der Waals surface area contributed by atoms with Gasteiger partial charge in [-0.05, 0) is 37.1 Å². The minimum Gasteiger partial charge on any atom is -0.468 e. The van der Waals surface area contributed by atoms with Gasteiger partial charge >= 0.3 is 5.97 Å². The number of carbonyl (C=O) groups is 3. The fourth-order valence-corrected chi connectivity index (χ4v) is 5.28. The van der Waals surface area contributed by atoms with E-state index in [4.69, 9.17) is 4.74 Å². The number of allylic oxidation sites excluding steroid dienone is 1. The van der Waals surface area contributed by atoms with Gasteiger partial charge in [-0.3, -0.25) is 19.7 Å². The number of para-hydroxylation sites is 2. The van der Waals surface area contributed by atoms with Crippen LogP contribution in [0, 0.1) is 11.8 Å². The predicted molar refractivity (Wildman–Crippen MR) is 129 cm³/mol. The molecule has 0 saturated carbocycles. The van der Waals surface area contributed by atoms with Crippen molar-refractivity contribution in [1.29, 1.82) is 0 Å². The Labute approximate surface area is 197 Å². The van der Waals surface area contributed by atoms with Crippen molar-refractivity contribution >= 4 is 34.4 Å². The number of methoxy groups -OCH3 is 1. The average Bonchev–Trinajstić information content (AvgIpc) is 3.36. The number of esters is 1. The highest BCUT2D eigenvalue weighted by molar-refractivity contribution is 6.22. The van der Waals surface area contributed by atoms with Gasteiger partial charge in [0.2, 0.25) is 11.8 Å². The highest BCUT2D eigenvalue weighted by Gasteiger charge is 2.53. The number of rotatable bonds is 6. The fraction of sp³-hybridized carbons (Fsp3) is 0.296. The summed E-state index contributed by atoms with van der Waals surface area (Å²) in [7, 11) is 1.36. The normalized spacial score (nSPS) is 23.1. The lowest BCUT2D eigenvalue weighted by Gasteiger charge is -2.32. The number of carbonyl (C=O) groups excluding carboxylic acids is 3. The zero-order chi connectivity index (χ0) is 23.8. The highest BCUT2D eigenvalue weighted by atomic mass is 16.5. The van der Waals surface area contributed by atoms with E-state index in [0.29, 0.717) is 18.5 Å². The van der Waals surface area contributed by atoms with Crippen LogP contribution in [0.4, 0.5) is 5.69 Å². The lowest BCUT2D eigenvalue weighted by Crippen LogP contribution is -2.51. The molecule has 1 saturated heterocycles. The van der Waals surface area contributed by atoms with Gasteiger partial charge in [0.15, 0.2) is 0 Å². The quantitative estimate of drug-likeness (QED) is 0.336. The Hall–Kier alpha value is -3.71. The van der Waals surface area contributed by atoms with E-state index in [1.54, 1.807) is 12.1 Å². The van der Waals surface area contributed by atoms with E-state index in [1.165, 1.54) is 12.0 Å². The molecule has 7 heteroatoms. The molecule has 1 aliphatic carbocycles. The van der Waals surface area contributed by atoms with Crippen molar-refractivity contribution in [3.05, 3.63) is 78.0 Å². The number of nitrogens with one attached hydrogen (secondary N) is 2. The Morgan fingerprint density at radius 2 is 1.85 bits per heavy atom. The topological polar surface area (TPSA) is 91.5 Å².